The number of ether oxygens (including phenoxy) is 8. The van der Waals surface area contributed by atoms with Crippen molar-refractivity contribution in [2.24, 2.45) is 0 Å². The van der Waals surface area contributed by atoms with Crippen LogP contribution in [0.3, 0.4) is 0 Å². The monoisotopic (exact) mass is 950 g/mol. The van der Waals surface area contributed by atoms with Crippen LogP contribution >= 0.6 is 0 Å². The first kappa shape index (κ1) is 53.1. The molecule has 0 saturated heterocycles. The summed E-state index contributed by atoms with van der Waals surface area (Å²) in [6.07, 6.45) is 18.0. The summed E-state index contributed by atoms with van der Waals surface area (Å²) >= 11 is 0. The lowest BCUT2D eigenvalue weighted by Crippen LogP contribution is -2.16. The van der Waals surface area contributed by atoms with Crippen LogP contribution in [-0.2, 0) is 0 Å². The zero-order chi connectivity index (χ0) is 49.8. The van der Waals surface area contributed by atoms with Crippen molar-refractivity contribution in [3.63, 3.8) is 0 Å². The van der Waals surface area contributed by atoms with E-state index in [1.807, 2.05) is 24.3 Å². The first-order chi connectivity index (χ1) is 34.2. The third kappa shape index (κ3) is 18.0. The summed E-state index contributed by atoms with van der Waals surface area (Å²) in [6.45, 7) is 16.9. The molecule has 0 heterocycles. The topological polar surface area (TPSA) is 142 Å². The molecule has 0 N–H and O–H groups in total. The molecule has 0 aliphatic carbocycles. The fraction of sp³-hybridized carbons (Fsp3) is 0.276. The van der Waals surface area contributed by atoms with Gasteiger partial charge in [0, 0.05) is 12.1 Å². The second kappa shape index (κ2) is 29.8. The van der Waals surface area contributed by atoms with Gasteiger partial charge < -0.3 is 37.9 Å². The second-order valence-corrected chi connectivity index (χ2v) is 15.9. The van der Waals surface area contributed by atoms with Crippen LogP contribution < -0.4 is 37.9 Å². The van der Waals surface area contributed by atoms with E-state index in [1.54, 1.807) is 48.5 Å². The van der Waals surface area contributed by atoms with Crippen LogP contribution in [0.15, 0.2) is 160 Å². The predicted molar refractivity (Wildman–Crippen MR) is 270 cm³/mol. The predicted octanol–water partition coefficient (Wildman–Crippen LogP) is 13.5. The van der Waals surface area contributed by atoms with Crippen molar-refractivity contribution in [2.45, 2.75) is 77.0 Å². The molecule has 5 aromatic rings. The standard InChI is InChI=1S/C58H62O12/c1-5-9-13-17-37-63-47-29-21-43(22-30-47)55(59)67-51-41-53(69-57(61)45-25-33-49(34-26-45)65-39-19-15-11-7-3)54(70-58(62)46-27-35-50(36-28-46)66-40-20-16-12-8-4)42-52(51)68-56(60)44-23-31-48(32-24-44)64-38-18-14-10-6-2/h5-8,21-36,41-42H,1-4,9-20,37-40H2. The van der Waals surface area contributed by atoms with E-state index < -0.39 is 23.9 Å². The van der Waals surface area contributed by atoms with Crippen LogP contribution in [0.4, 0.5) is 0 Å². The van der Waals surface area contributed by atoms with E-state index in [4.69, 9.17) is 37.9 Å². The van der Waals surface area contributed by atoms with E-state index in [2.05, 4.69) is 26.3 Å². The number of esters is 4. The Labute approximate surface area is 411 Å². The highest BCUT2D eigenvalue weighted by molar-refractivity contribution is 5.96. The third-order valence-corrected chi connectivity index (χ3v) is 10.5. The fourth-order valence-corrected chi connectivity index (χ4v) is 6.55. The number of hydrogen-bond acceptors (Lipinski definition) is 12. The lowest BCUT2D eigenvalue weighted by molar-refractivity contribution is 0.0662. The van der Waals surface area contributed by atoms with Gasteiger partial charge in [0.05, 0.1) is 48.7 Å². The van der Waals surface area contributed by atoms with Crippen molar-refractivity contribution in [3.8, 4) is 46.0 Å². The van der Waals surface area contributed by atoms with Gasteiger partial charge in [0.1, 0.15) is 23.0 Å². The zero-order valence-corrected chi connectivity index (χ0v) is 39.7. The molecule has 0 aliphatic rings. The summed E-state index contributed by atoms with van der Waals surface area (Å²) in [5, 5.41) is 0. The van der Waals surface area contributed by atoms with E-state index in [0.29, 0.717) is 49.4 Å². The van der Waals surface area contributed by atoms with Crippen molar-refractivity contribution in [1.82, 2.24) is 0 Å². The Morgan fingerprint density at radius 2 is 0.514 bits per heavy atom. The van der Waals surface area contributed by atoms with Crippen LogP contribution in [0.1, 0.15) is 118 Å². The van der Waals surface area contributed by atoms with Gasteiger partial charge >= 0.3 is 23.9 Å². The quantitative estimate of drug-likeness (QED) is 0.0175. The van der Waals surface area contributed by atoms with E-state index in [-0.39, 0.29) is 45.3 Å². The highest BCUT2D eigenvalue weighted by atomic mass is 16.6. The lowest BCUT2D eigenvalue weighted by Gasteiger charge is -2.16. The number of rotatable bonds is 32. The Balaban J connectivity index is 1.45. The lowest BCUT2D eigenvalue weighted by atomic mass is 10.2. The molecule has 0 saturated carbocycles. The van der Waals surface area contributed by atoms with Gasteiger partial charge in [0.15, 0.2) is 23.0 Å². The summed E-state index contributed by atoms with van der Waals surface area (Å²) in [4.78, 5) is 55.2. The van der Waals surface area contributed by atoms with Gasteiger partial charge in [-0.05, 0) is 174 Å². The molecule has 0 atom stereocenters. The molecule has 5 aromatic carbocycles. The number of carbonyl (C=O) groups excluding carboxylic acids is 4. The Hall–Kier alpha value is -7.86. The van der Waals surface area contributed by atoms with Gasteiger partial charge in [-0.3, -0.25) is 0 Å². The molecule has 0 spiro atoms. The van der Waals surface area contributed by atoms with Crippen molar-refractivity contribution in [2.75, 3.05) is 26.4 Å². The van der Waals surface area contributed by atoms with Gasteiger partial charge in [-0.15, -0.1) is 26.3 Å². The summed E-state index contributed by atoms with van der Waals surface area (Å²) in [7, 11) is 0. The molecular formula is C58H62O12. The Bertz CT molecular complexity index is 2130. The molecule has 12 heteroatoms. The molecule has 0 amide bonds. The Morgan fingerprint density at radius 1 is 0.314 bits per heavy atom. The molecule has 0 aromatic heterocycles. The largest absolute Gasteiger partial charge is 0.494 e. The number of unbranched alkanes of at least 4 members (excludes halogenated alkanes) is 8. The van der Waals surface area contributed by atoms with Crippen LogP contribution in [0.2, 0.25) is 0 Å². The molecule has 0 aliphatic heterocycles. The smallest absolute Gasteiger partial charge is 0.343 e. The summed E-state index contributed by atoms with van der Waals surface area (Å²) in [5.74, 6) is -2.42. The molecule has 12 nitrogen and oxygen atoms in total. The van der Waals surface area contributed by atoms with Crippen molar-refractivity contribution < 1.29 is 57.1 Å². The van der Waals surface area contributed by atoms with E-state index in [0.717, 1.165) is 89.2 Å². The first-order valence-electron chi connectivity index (χ1n) is 23.6. The van der Waals surface area contributed by atoms with Crippen LogP contribution in [0, 0.1) is 0 Å². The molecular weight excluding hydrogens is 889 g/mol. The highest BCUT2D eigenvalue weighted by Crippen LogP contribution is 2.42. The maximum absolute atomic E-state index is 13.8. The zero-order valence-electron chi connectivity index (χ0n) is 39.7. The number of allylic oxidation sites excluding steroid dienone is 4. The highest BCUT2D eigenvalue weighted by Gasteiger charge is 2.25. The van der Waals surface area contributed by atoms with Crippen molar-refractivity contribution in [3.05, 3.63) is 182 Å². The van der Waals surface area contributed by atoms with Gasteiger partial charge in [0.2, 0.25) is 0 Å². The SMILES string of the molecule is C=CCCCCOc1ccc(C(=O)Oc2cc(OC(=O)c3ccc(OCCCCC=C)cc3)c(OC(=O)c3ccc(OCCCCC=C)cc3)cc2OC(=O)c2ccc(OCCCCC=C)cc2)cc1. The molecule has 70 heavy (non-hydrogen) atoms. The molecule has 366 valence electrons. The van der Waals surface area contributed by atoms with E-state index in [1.165, 1.54) is 48.5 Å². The van der Waals surface area contributed by atoms with Crippen LogP contribution in [0.25, 0.3) is 0 Å². The second-order valence-electron chi connectivity index (χ2n) is 15.9. The van der Waals surface area contributed by atoms with E-state index >= 15 is 0 Å². The molecule has 0 bridgehead atoms. The molecule has 0 unspecified atom stereocenters. The minimum atomic E-state index is -0.838. The maximum atomic E-state index is 13.8. The van der Waals surface area contributed by atoms with Crippen LogP contribution in [0.5, 0.6) is 46.0 Å². The van der Waals surface area contributed by atoms with Gasteiger partial charge in [-0.1, -0.05) is 24.3 Å². The molecule has 0 radical (unpaired) electrons. The minimum Gasteiger partial charge on any atom is -0.494 e. The summed E-state index contributed by atoms with van der Waals surface area (Å²) in [6, 6.07) is 27.6. The average Bonchev–Trinajstić information content (AvgIpc) is 3.38. The average molecular weight is 951 g/mol. The Kier molecular flexibility index (Phi) is 22.6. The summed E-state index contributed by atoms with van der Waals surface area (Å²) < 4.78 is 46.8. The van der Waals surface area contributed by atoms with Crippen molar-refractivity contribution >= 4 is 23.9 Å². The fourth-order valence-electron chi connectivity index (χ4n) is 6.55. The van der Waals surface area contributed by atoms with Gasteiger partial charge in [0.25, 0.3) is 0 Å². The number of carbonyl (C=O) groups is 4. The molecule has 0 fully saturated rings. The maximum Gasteiger partial charge on any atom is 0.343 e. The van der Waals surface area contributed by atoms with Crippen LogP contribution in [-0.4, -0.2) is 50.3 Å². The molecule has 5 rings (SSSR count). The third-order valence-electron chi connectivity index (χ3n) is 10.5. The summed E-state index contributed by atoms with van der Waals surface area (Å²) in [5.41, 5.74) is 0.547. The first-order valence-corrected chi connectivity index (χ1v) is 23.6. The van der Waals surface area contributed by atoms with Gasteiger partial charge in [-0.2, -0.15) is 0 Å². The van der Waals surface area contributed by atoms with Gasteiger partial charge in [-0.25, -0.2) is 19.2 Å². The minimum absolute atomic E-state index is 0.137. The van der Waals surface area contributed by atoms with E-state index in [9.17, 15) is 19.2 Å². The number of benzene rings is 5. The normalized spacial score (nSPS) is 10.5. The Morgan fingerprint density at radius 3 is 0.700 bits per heavy atom. The van der Waals surface area contributed by atoms with Crippen molar-refractivity contribution in [1.29, 1.82) is 0 Å². The number of hydrogen-bond donors (Lipinski definition) is 0.